The van der Waals surface area contributed by atoms with Gasteiger partial charge in [-0.1, -0.05) is 56.3 Å². The van der Waals surface area contributed by atoms with E-state index in [0.717, 1.165) is 21.4 Å². The van der Waals surface area contributed by atoms with Crippen molar-refractivity contribution in [3.63, 3.8) is 0 Å². The van der Waals surface area contributed by atoms with Gasteiger partial charge in [0.05, 0.1) is 0 Å². The highest BCUT2D eigenvalue weighted by Gasteiger charge is 2.24. The molecular formula is C25H26N6O3. The van der Waals surface area contributed by atoms with Gasteiger partial charge in [-0.3, -0.25) is 13.9 Å². The first-order valence-corrected chi connectivity index (χ1v) is 11.2. The van der Waals surface area contributed by atoms with Gasteiger partial charge in [0.25, 0.3) is 5.56 Å². The summed E-state index contributed by atoms with van der Waals surface area (Å²) in [6.07, 6.45) is 0. The van der Waals surface area contributed by atoms with Crippen molar-refractivity contribution in [3.8, 4) is 17.1 Å². The predicted octanol–water partition coefficient (Wildman–Crippen LogP) is 2.98. The standard InChI is InChI=1S/C25H26N6O3/c1-16(2)14-30-20-22(28(3)25(33)29(4)23(20)32)31-21(26-27-24(30)31)18-12-10-17(11-13-18)15-34-19-8-6-5-7-9-19/h5-13,16H,14-15H2,1-4H3. The lowest BCUT2D eigenvalue weighted by atomic mass is 10.1. The third-order valence-corrected chi connectivity index (χ3v) is 5.89. The van der Waals surface area contributed by atoms with Crippen molar-refractivity contribution in [2.75, 3.05) is 0 Å². The Bertz CT molecular complexity index is 1610. The van der Waals surface area contributed by atoms with E-state index in [2.05, 4.69) is 24.0 Å². The van der Waals surface area contributed by atoms with Crippen molar-refractivity contribution in [1.29, 1.82) is 0 Å². The average Bonchev–Trinajstić information content (AvgIpc) is 3.40. The van der Waals surface area contributed by atoms with E-state index in [4.69, 9.17) is 4.74 Å². The fourth-order valence-electron chi connectivity index (χ4n) is 4.21. The number of nitrogens with zero attached hydrogens (tertiary/aromatic N) is 6. The van der Waals surface area contributed by atoms with Crippen LogP contribution in [0.2, 0.25) is 0 Å². The molecule has 3 aromatic heterocycles. The summed E-state index contributed by atoms with van der Waals surface area (Å²) in [6.45, 7) is 5.16. The molecule has 9 heteroatoms. The van der Waals surface area contributed by atoms with Crippen LogP contribution in [-0.4, -0.2) is 28.3 Å². The van der Waals surface area contributed by atoms with Gasteiger partial charge in [0.15, 0.2) is 17.0 Å². The molecule has 9 nitrogen and oxygen atoms in total. The minimum Gasteiger partial charge on any atom is -0.489 e. The zero-order chi connectivity index (χ0) is 24.0. The predicted molar refractivity (Wildman–Crippen MR) is 130 cm³/mol. The Morgan fingerprint density at radius 1 is 0.912 bits per heavy atom. The van der Waals surface area contributed by atoms with Crippen LogP contribution in [0.5, 0.6) is 5.75 Å². The molecule has 174 valence electrons. The summed E-state index contributed by atoms with van der Waals surface area (Å²) in [5, 5.41) is 8.84. The zero-order valence-electron chi connectivity index (χ0n) is 19.6. The lowest BCUT2D eigenvalue weighted by Crippen LogP contribution is -2.38. The Hall–Kier alpha value is -4.14. The molecule has 0 aliphatic carbocycles. The molecule has 5 rings (SSSR count). The zero-order valence-corrected chi connectivity index (χ0v) is 19.6. The van der Waals surface area contributed by atoms with Crippen molar-refractivity contribution in [2.45, 2.75) is 27.0 Å². The van der Waals surface area contributed by atoms with Gasteiger partial charge < -0.3 is 9.30 Å². The van der Waals surface area contributed by atoms with Gasteiger partial charge in [0, 0.05) is 26.2 Å². The SMILES string of the molecule is CC(C)Cn1c2c(=O)n(C)c(=O)n(C)c2n2c(-c3ccc(COc4ccccc4)cc3)nnc12. The number of rotatable bonds is 6. The molecule has 0 amide bonds. The highest BCUT2D eigenvalue weighted by molar-refractivity contribution is 5.79. The van der Waals surface area contributed by atoms with Gasteiger partial charge in [-0.15, -0.1) is 10.2 Å². The number of hydrogen-bond donors (Lipinski definition) is 0. The van der Waals surface area contributed by atoms with Crippen LogP contribution < -0.4 is 16.0 Å². The summed E-state index contributed by atoms with van der Waals surface area (Å²) in [5.41, 5.74) is 2.03. The number of para-hydroxylation sites is 1. The maximum atomic E-state index is 13.1. The average molecular weight is 459 g/mol. The molecule has 0 aliphatic heterocycles. The Balaban J connectivity index is 1.62. The maximum Gasteiger partial charge on any atom is 0.332 e. The molecule has 0 saturated carbocycles. The fraction of sp³-hybridized carbons (Fsp3) is 0.280. The number of aryl methyl sites for hydroxylation is 1. The second kappa shape index (κ2) is 8.33. The molecule has 0 fully saturated rings. The van der Waals surface area contributed by atoms with E-state index in [1.807, 2.05) is 59.2 Å². The van der Waals surface area contributed by atoms with Crippen molar-refractivity contribution in [3.05, 3.63) is 81.0 Å². The van der Waals surface area contributed by atoms with Crippen LogP contribution in [0.1, 0.15) is 19.4 Å². The van der Waals surface area contributed by atoms with Crippen LogP contribution in [-0.2, 0) is 27.2 Å². The number of hydrogen-bond acceptors (Lipinski definition) is 5. The van der Waals surface area contributed by atoms with Crippen LogP contribution in [0.25, 0.3) is 28.3 Å². The molecular weight excluding hydrogens is 432 g/mol. The Morgan fingerprint density at radius 3 is 2.29 bits per heavy atom. The van der Waals surface area contributed by atoms with E-state index < -0.39 is 5.69 Å². The molecule has 0 aliphatic rings. The molecule has 0 radical (unpaired) electrons. The van der Waals surface area contributed by atoms with Crippen molar-refractivity contribution in [1.82, 2.24) is 28.3 Å². The Kier molecular flexibility index (Phi) is 5.31. The first-order valence-electron chi connectivity index (χ1n) is 11.2. The highest BCUT2D eigenvalue weighted by atomic mass is 16.5. The number of aromatic nitrogens is 6. The monoisotopic (exact) mass is 458 g/mol. The Labute approximate surface area is 195 Å². The highest BCUT2D eigenvalue weighted by Crippen LogP contribution is 2.25. The molecule has 0 saturated heterocycles. The van der Waals surface area contributed by atoms with E-state index in [1.165, 1.54) is 11.6 Å². The second-order valence-corrected chi connectivity index (χ2v) is 8.84. The first kappa shape index (κ1) is 21.7. The van der Waals surface area contributed by atoms with Gasteiger partial charge in [-0.2, -0.15) is 0 Å². The Morgan fingerprint density at radius 2 is 1.62 bits per heavy atom. The summed E-state index contributed by atoms with van der Waals surface area (Å²) in [7, 11) is 3.16. The molecule has 3 heterocycles. The van der Waals surface area contributed by atoms with Gasteiger partial charge in [-0.05, 0) is 23.6 Å². The number of fused-ring (bicyclic) bond motifs is 3. The van der Waals surface area contributed by atoms with Crippen molar-refractivity contribution >= 4 is 16.9 Å². The molecule has 0 unspecified atom stereocenters. The van der Waals surface area contributed by atoms with Gasteiger partial charge in [0.1, 0.15) is 12.4 Å². The fourth-order valence-corrected chi connectivity index (χ4v) is 4.21. The van der Waals surface area contributed by atoms with E-state index >= 15 is 0 Å². The molecule has 34 heavy (non-hydrogen) atoms. The van der Waals surface area contributed by atoms with Crippen LogP contribution in [0.15, 0.2) is 64.2 Å². The molecule has 0 N–H and O–H groups in total. The van der Waals surface area contributed by atoms with Gasteiger partial charge >= 0.3 is 5.69 Å². The minimum absolute atomic E-state index is 0.269. The summed E-state index contributed by atoms with van der Waals surface area (Å²) in [4.78, 5) is 25.8. The summed E-state index contributed by atoms with van der Waals surface area (Å²) < 4.78 is 12.1. The van der Waals surface area contributed by atoms with Gasteiger partial charge in [0.2, 0.25) is 5.78 Å². The van der Waals surface area contributed by atoms with E-state index in [9.17, 15) is 9.59 Å². The molecule has 2 aromatic carbocycles. The minimum atomic E-state index is -0.394. The van der Waals surface area contributed by atoms with Crippen LogP contribution in [0, 0.1) is 5.92 Å². The molecule has 0 bridgehead atoms. The van der Waals surface area contributed by atoms with Crippen molar-refractivity contribution < 1.29 is 4.74 Å². The van der Waals surface area contributed by atoms with E-state index in [1.54, 1.807) is 11.4 Å². The number of ether oxygens (including phenoxy) is 1. The van der Waals surface area contributed by atoms with Crippen LogP contribution in [0.4, 0.5) is 0 Å². The summed E-state index contributed by atoms with van der Waals surface area (Å²) in [5.74, 6) is 2.19. The van der Waals surface area contributed by atoms with Crippen LogP contribution >= 0.6 is 0 Å². The molecule has 0 spiro atoms. The lowest BCUT2D eigenvalue weighted by molar-refractivity contribution is 0.306. The summed E-state index contributed by atoms with van der Waals surface area (Å²) in [6, 6.07) is 17.5. The quantitative estimate of drug-likeness (QED) is 0.390. The largest absolute Gasteiger partial charge is 0.489 e. The number of benzene rings is 2. The molecule has 5 aromatic rings. The topological polar surface area (TPSA) is 88.4 Å². The van der Waals surface area contributed by atoms with Crippen LogP contribution in [0.3, 0.4) is 0 Å². The van der Waals surface area contributed by atoms with E-state index in [-0.39, 0.29) is 11.5 Å². The lowest BCUT2D eigenvalue weighted by Gasteiger charge is -2.09. The van der Waals surface area contributed by atoms with E-state index in [0.29, 0.717) is 35.9 Å². The summed E-state index contributed by atoms with van der Waals surface area (Å²) >= 11 is 0. The van der Waals surface area contributed by atoms with Crippen molar-refractivity contribution in [2.24, 2.45) is 20.0 Å². The second-order valence-electron chi connectivity index (χ2n) is 8.84. The maximum absolute atomic E-state index is 13.1. The number of imidazole rings is 1. The first-order chi connectivity index (χ1) is 16.4. The third kappa shape index (κ3) is 3.49. The van der Waals surface area contributed by atoms with Gasteiger partial charge in [-0.25, -0.2) is 9.20 Å². The smallest absolute Gasteiger partial charge is 0.332 e. The normalized spacial score (nSPS) is 11.7. The molecule has 0 atom stereocenters. The third-order valence-electron chi connectivity index (χ3n) is 5.89.